The molecule has 0 saturated carbocycles. The topological polar surface area (TPSA) is 9.86 Å². The van der Waals surface area contributed by atoms with Gasteiger partial charge in [-0.1, -0.05) is 222 Å². The van der Waals surface area contributed by atoms with E-state index in [9.17, 15) is 0 Å². The Morgan fingerprint density at radius 1 is 0.244 bits per heavy atom. The van der Waals surface area contributed by atoms with E-state index in [4.69, 9.17) is 0 Å². The van der Waals surface area contributed by atoms with Crippen molar-refractivity contribution < 1.29 is 0 Å². The number of rotatable bonds is 8. The first-order valence-electron chi connectivity index (χ1n) is 28.8. The Morgan fingerprint density at radius 2 is 0.573 bits per heavy atom. The number of hydrogen-bond acceptors (Lipinski definition) is 0. The molecule has 0 bridgehead atoms. The molecule has 0 fully saturated rings. The molecule has 0 atom stereocenters. The highest BCUT2D eigenvalue weighted by molar-refractivity contribution is 6.11. The van der Waals surface area contributed by atoms with E-state index in [1.54, 1.807) is 0 Å². The van der Waals surface area contributed by atoms with Crippen LogP contribution in [0.25, 0.3) is 134 Å². The number of fused-ring (bicyclic) bond motifs is 12. The van der Waals surface area contributed by atoms with Gasteiger partial charge in [0.1, 0.15) is 0 Å². The van der Waals surface area contributed by atoms with E-state index >= 15 is 0 Å². The molecule has 0 aliphatic heterocycles. The van der Waals surface area contributed by atoms with Crippen LogP contribution in [0.15, 0.2) is 267 Å². The van der Waals surface area contributed by atoms with Crippen LogP contribution in [0.3, 0.4) is 0 Å². The first kappa shape index (κ1) is 47.9. The fraction of sp³-hybridized carbons (Fsp3) is 0.0750. The number of para-hydroxylation sites is 3. The Hall–Kier alpha value is -10.0. The van der Waals surface area contributed by atoms with Gasteiger partial charge in [0.05, 0.1) is 22.1 Å². The molecule has 2 nitrogen and oxygen atoms in total. The summed E-state index contributed by atoms with van der Waals surface area (Å²) in [6.07, 6.45) is 4.47. The third-order valence-corrected chi connectivity index (χ3v) is 18.3. The predicted molar refractivity (Wildman–Crippen MR) is 347 cm³/mol. The Bertz CT molecular complexity index is 4930. The van der Waals surface area contributed by atoms with Crippen LogP contribution in [0.1, 0.15) is 61.1 Å². The largest absolute Gasteiger partial charge is 0.309 e. The summed E-state index contributed by atoms with van der Waals surface area (Å²) in [6, 6.07) is 99.3. The van der Waals surface area contributed by atoms with Gasteiger partial charge in [-0.25, -0.2) is 0 Å². The number of benzene rings is 12. The van der Waals surface area contributed by atoms with Gasteiger partial charge in [-0.15, -0.1) is 0 Å². The van der Waals surface area contributed by atoms with Crippen molar-refractivity contribution in [1.82, 2.24) is 9.13 Å². The van der Waals surface area contributed by atoms with Crippen LogP contribution in [0.4, 0.5) is 0 Å². The first-order chi connectivity index (χ1) is 40.1. The third kappa shape index (κ3) is 7.48. The number of nitrogens with zero attached hydrogens (tertiary/aromatic N) is 2. The summed E-state index contributed by atoms with van der Waals surface area (Å²) in [4.78, 5) is 0. The van der Waals surface area contributed by atoms with E-state index in [1.165, 1.54) is 149 Å². The summed E-state index contributed by atoms with van der Waals surface area (Å²) in [5.74, 6) is 0. The summed E-state index contributed by atoms with van der Waals surface area (Å²) >= 11 is 0. The number of hydrogen-bond donors (Lipinski definition) is 0. The van der Waals surface area contributed by atoms with Gasteiger partial charge >= 0.3 is 0 Å². The lowest BCUT2D eigenvalue weighted by Gasteiger charge is -2.24. The van der Waals surface area contributed by atoms with E-state index in [0.29, 0.717) is 0 Å². The highest BCUT2D eigenvalue weighted by Crippen LogP contribution is 2.53. The summed E-state index contributed by atoms with van der Waals surface area (Å²) in [5.41, 5.74) is 30.0. The molecule has 2 heterocycles. The fourth-order valence-corrected chi connectivity index (χ4v) is 14.0. The molecule has 0 spiro atoms. The maximum atomic E-state index is 2.47. The molecule has 0 N–H and O–H groups in total. The predicted octanol–water partition coefficient (Wildman–Crippen LogP) is 21.3. The summed E-state index contributed by atoms with van der Waals surface area (Å²) in [6.45, 7) is 9.61. The Labute approximate surface area is 479 Å². The van der Waals surface area contributed by atoms with Gasteiger partial charge in [0.15, 0.2) is 0 Å². The zero-order valence-electron chi connectivity index (χ0n) is 46.5. The lowest BCUT2D eigenvalue weighted by molar-refractivity contribution is 0.660. The lowest BCUT2D eigenvalue weighted by atomic mass is 9.79. The molecule has 0 saturated heterocycles. The molecule has 0 unspecified atom stereocenters. The lowest BCUT2D eigenvalue weighted by Crippen LogP contribution is -2.15. The Balaban J connectivity index is 0.651. The highest BCUT2D eigenvalue weighted by atomic mass is 15.0. The molecule has 2 aromatic heterocycles. The second-order valence-corrected chi connectivity index (χ2v) is 23.7. The van der Waals surface area contributed by atoms with Crippen molar-refractivity contribution in [2.24, 2.45) is 0 Å². The van der Waals surface area contributed by atoms with Crippen LogP contribution in [-0.4, -0.2) is 9.13 Å². The SMILES string of the molecule is CC1(C)c2cc(-c3ccc(C=Cc4ccc5c(c4)c4ccccc4n5-c4ccccc4)cc3)ccc2-c2ccc(-c3ccc4c(c3)C(C)(C)c3cc(-c5ccc6c(c5)c5ccccc5n6-c5ccc(-c6ccccc6)cc5)ccc3-4)cc21. The van der Waals surface area contributed by atoms with Gasteiger partial charge in [-0.05, 0) is 185 Å². The third-order valence-electron chi connectivity index (χ3n) is 18.3. The molecule has 2 aliphatic rings. The van der Waals surface area contributed by atoms with Gasteiger partial charge in [0.2, 0.25) is 0 Å². The Morgan fingerprint density at radius 3 is 1.10 bits per heavy atom. The molecular weight excluding hydrogens is 989 g/mol. The van der Waals surface area contributed by atoms with Crippen molar-refractivity contribution in [3.8, 4) is 78.1 Å². The zero-order chi connectivity index (χ0) is 54.8. The van der Waals surface area contributed by atoms with Crippen LogP contribution in [0, 0.1) is 0 Å². The van der Waals surface area contributed by atoms with E-state index < -0.39 is 0 Å². The van der Waals surface area contributed by atoms with Crippen LogP contribution < -0.4 is 0 Å². The summed E-state index contributed by atoms with van der Waals surface area (Å²) < 4.78 is 4.78. The summed E-state index contributed by atoms with van der Waals surface area (Å²) in [5, 5.41) is 5.05. The second kappa shape index (κ2) is 18.3. The smallest absolute Gasteiger partial charge is 0.0541 e. The Kier molecular flexibility index (Phi) is 10.7. The fourth-order valence-electron chi connectivity index (χ4n) is 14.0. The molecule has 16 rings (SSSR count). The van der Waals surface area contributed by atoms with Crippen molar-refractivity contribution >= 4 is 55.8 Å². The first-order valence-corrected chi connectivity index (χ1v) is 28.8. The van der Waals surface area contributed by atoms with E-state index in [2.05, 4.69) is 316 Å². The zero-order valence-corrected chi connectivity index (χ0v) is 46.5. The van der Waals surface area contributed by atoms with Gasteiger partial charge in [-0.2, -0.15) is 0 Å². The van der Waals surface area contributed by atoms with Gasteiger partial charge in [0.25, 0.3) is 0 Å². The van der Waals surface area contributed by atoms with E-state index in [0.717, 1.165) is 5.69 Å². The van der Waals surface area contributed by atoms with Crippen molar-refractivity contribution in [2.45, 2.75) is 38.5 Å². The van der Waals surface area contributed by atoms with Crippen LogP contribution in [0.5, 0.6) is 0 Å². The minimum atomic E-state index is -0.179. The van der Waals surface area contributed by atoms with Crippen molar-refractivity contribution in [2.75, 3.05) is 0 Å². The molecule has 2 aliphatic carbocycles. The average Bonchev–Trinajstić information content (AvgIpc) is 4.11. The van der Waals surface area contributed by atoms with Crippen molar-refractivity contribution in [3.05, 3.63) is 300 Å². The van der Waals surface area contributed by atoms with Crippen molar-refractivity contribution in [3.63, 3.8) is 0 Å². The molecule has 12 aromatic carbocycles. The van der Waals surface area contributed by atoms with Crippen LogP contribution in [-0.2, 0) is 10.8 Å². The average molecular weight is 1050 g/mol. The maximum absolute atomic E-state index is 2.47. The van der Waals surface area contributed by atoms with Crippen LogP contribution in [0.2, 0.25) is 0 Å². The van der Waals surface area contributed by atoms with Gasteiger partial charge < -0.3 is 9.13 Å². The van der Waals surface area contributed by atoms with Gasteiger partial charge in [0, 0.05) is 43.7 Å². The molecule has 14 aromatic rings. The summed E-state index contributed by atoms with van der Waals surface area (Å²) in [7, 11) is 0. The standard InChI is InChI=1S/C80H58N2/c1-79(2)71-47-57(55-28-25-51(26-29-55)23-24-52-27-43-77-69(45-52)67-19-11-13-21-75(67)81(77)61-17-9-6-10-18-61)32-39-63(71)65-41-34-59(49-73(65)79)60-35-42-66-64-40-33-58(48-72(64)80(3,4)74(66)50-60)56-36-44-78-70(46-56)68-20-12-14-22-76(68)82(78)62-37-30-54(31-38-62)53-15-7-5-8-16-53/h5-50H,1-4H3. The van der Waals surface area contributed by atoms with E-state index in [1.807, 2.05) is 0 Å². The van der Waals surface area contributed by atoms with E-state index in [-0.39, 0.29) is 10.8 Å². The minimum absolute atomic E-state index is 0.164. The quantitative estimate of drug-likeness (QED) is 0.134. The molecule has 82 heavy (non-hydrogen) atoms. The monoisotopic (exact) mass is 1050 g/mol. The number of aromatic nitrogens is 2. The molecule has 0 radical (unpaired) electrons. The molecular formula is C80H58N2. The van der Waals surface area contributed by atoms with Crippen LogP contribution >= 0.6 is 0 Å². The molecule has 2 heteroatoms. The minimum Gasteiger partial charge on any atom is -0.309 e. The van der Waals surface area contributed by atoms with Crippen molar-refractivity contribution in [1.29, 1.82) is 0 Å². The highest BCUT2D eigenvalue weighted by Gasteiger charge is 2.38. The second-order valence-electron chi connectivity index (χ2n) is 23.7. The normalized spacial score (nSPS) is 13.8. The molecule has 0 amide bonds. The molecule has 388 valence electrons. The van der Waals surface area contributed by atoms with Gasteiger partial charge in [-0.3, -0.25) is 0 Å². The maximum Gasteiger partial charge on any atom is 0.0541 e.